The molecule has 1 aromatic rings. The Morgan fingerprint density at radius 3 is 2.79 bits per heavy atom. The first-order chi connectivity index (χ1) is 8.82. The van der Waals surface area contributed by atoms with Crippen LogP contribution in [0.1, 0.15) is 39.3 Å². The van der Waals surface area contributed by atoms with Crippen molar-refractivity contribution in [1.82, 2.24) is 4.98 Å². The number of rotatable bonds is 2. The van der Waals surface area contributed by atoms with Gasteiger partial charge in [-0.05, 0) is 31.1 Å². The Morgan fingerprint density at radius 1 is 1.53 bits per heavy atom. The van der Waals surface area contributed by atoms with Gasteiger partial charge in [-0.25, -0.2) is 4.98 Å². The molecule has 0 bridgehead atoms. The predicted octanol–water partition coefficient (Wildman–Crippen LogP) is 2.79. The van der Waals surface area contributed by atoms with Crippen LogP contribution in [0.2, 0.25) is 0 Å². The summed E-state index contributed by atoms with van der Waals surface area (Å²) in [5, 5.41) is 5.59. The highest BCUT2D eigenvalue weighted by Gasteiger charge is 2.45. The standard InChI is InChI=1S/C14H23N3OS/c1-8-7-19-13(16-8)17-12(18)10-5-6-11(15)9(2)14(10,3)4/h7,9-11H,5-6,15H2,1-4H3,(H,16,17,18). The molecule has 2 rings (SSSR count). The first-order valence-corrected chi connectivity index (χ1v) is 7.69. The molecule has 1 aliphatic carbocycles. The molecule has 0 spiro atoms. The summed E-state index contributed by atoms with van der Waals surface area (Å²) in [6.07, 6.45) is 1.77. The molecule has 3 unspecified atom stereocenters. The third-order valence-corrected chi connectivity index (χ3v) is 5.54. The minimum absolute atomic E-state index is 0.00602. The second kappa shape index (κ2) is 5.21. The number of nitrogens with one attached hydrogen (secondary N) is 1. The number of carbonyl (C=O) groups excluding carboxylic acids is 1. The van der Waals surface area contributed by atoms with Crippen molar-refractivity contribution in [3.05, 3.63) is 11.1 Å². The fourth-order valence-electron chi connectivity index (χ4n) is 2.92. The number of carbonyl (C=O) groups is 1. The van der Waals surface area contributed by atoms with Gasteiger partial charge in [0.25, 0.3) is 0 Å². The third kappa shape index (κ3) is 2.82. The molecule has 19 heavy (non-hydrogen) atoms. The Labute approximate surface area is 118 Å². The third-order valence-electron chi connectivity index (χ3n) is 4.67. The van der Waals surface area contributed by atoms with Crippen molar-refractivity contribution >= 4 is 22.4 Å². The molecule has 0 radical (unpaired) electrons. The Morgan fingerprint density at radius 2 is 2.21 bits per heavy atom. The molecule has 106 valence electrons. The van der Waals surface area contributed by atoms with Gasteiger partial charge in [0, 0.05) is 17.3 Å². The molecule has 1 heterocycles. The van der Waals surface area contributed by atoms with Crippen molar-refractivity contribution in [2.75, 3.05) is 5.32 Å². The maximum absolute atomic E-state index is 12.5. The lowest BCUT2D eigenvalue weighted by Crippen LogP contribution is -2.50. The zero-order valence-electron chi connectivity index (χ0n) is 12.1. The van der Waals surface area contributed by atoms with Gasteiger partial charge in [-0.3, -0.25) is 4.79 Å². The van der Waals surface area contributed by atoms with Crippen LogP contribution >= 0.6 is 11.3 Å². The summed E-state index contributed by atoms with van der Waals surface area (Å²) < 4.78 is 0. The topological polar surface area (TPSA) is 68.0 Å². The average Bonchev–Trinajstić information content (AvgIpc) is 2.71. The number of nitrogens with two attached hydrogens (primary N) is 1. The molecule has 3 N–H and O–H groups in total. The van der Waals surface area contributed by atoms with Crippen molar-refractivity contribution in [2.24, 2.45) is 23.0 Å². The monoisotopic (exact) mass is 281 g/mol. The molecule has 3 atom stereocenters. The number of hydrogen-bond acceptors (Lipinski definition) is 4. The van der Waals surface area contributed by atoms with Gasteiger partial charge in [0.05, 0.1) is 5.69 Å². The predicted molar refractivity (Wildman–Crippen MR) is 79.1 cm³/mol. The fourth-order valence-corrected chi connectivity index (χ4v) is 3.61. The Bertz CT molecular complexity index is 469. The molecule has 1 saturated carbocycles. The molecule has 1 aromatic heterocycles. The Kier molecular flexibility index (Phi) is 3.97. The number of hydrogen-bond donors (Lipinski definition) is 2. The zero-order chi connectivity index (χ0) is 14.2. The molecule has 0 saturated heterocycles. The van der Waals surface area contributed by atoms with Crippen molar-refractivity contribution in [3.63, 3.8) is 0 Å². The number of amides is 1. The smallest absolute Gasteiger partial charge is 0.229 e. The highest BCUT2D eigenvalue weighted by Crippen LogP contribution is 2.44. The van der Waals surface area contributed by atoms with Gasteiger partial charge >= 0.3 is 0 Å². The Balaban J connectivity index is 2.10. The summed E-state index contributed by atoms with van der Waals surface area (Å²) >= 11 is 1.48. The quantitative estimate of drug-likeness (QED) is 0.876. The average molecular weight is 281 g/mol. The lowest BCUT2D eigenvalue weighted by molar-refractivity contribution is -0.127. The lowest BCUT2D eigenvalue weighted by atomic mass is 9.61. The molecule has 0 aromatic carbocycles. The van der Waals surface area contributed by atoms with Crippen LogP contribution in [0.4, 0.5) is 5.13 Å². The van der Waals surface area contributed by atoms with Crippen LogP contribution in [0, 0.1) is 24.2 Å². The highest BCUT2D eigenvalue weighted by molar-refractivity contribution is 7.13. The summed E-state index contributed by atoms with van der Waals surface area (Å²) in [7, 11) is 0. The minimum Gasteiger partial charge on any atom is -0.327 e. The maximum atomic E-state index is 12.5. The van der Waals surface area contributed by atoms with Gasteiger partial charge in [-0.15, -0.1) is 11.3 Å². The molecule has 5 heteroatoms. The van der Waals surface area contributed by atoms with Crippen molar-refractivity contribution in [1.29, 1.82) is 0 Å². The minimum atomic E-state index is -0.0753. The van der Waals surface area contributed by atoms with Crippen molar-refractivity contribution in [3.8, 4) is 0 Å². The number of thiazole rings is 1. The number of aryl methyl sites for hydroxylation is 1. The van der Waals surface area contributed by atoms with E-state index in [1.165, 1.54) is 11.3 Å². The molecule has 1 amide bonds. The zero-order valence-corrected chi connectivity index (χ0v) is 12.9. The number of aromatic nitrogens is 1. The van der Waals surface area contributed by atoms with Crippen LogP contribution in [-0.2, 0) is 4.79 Å². The van der Waals surface area contributed by atoms with Gasteiger partial charge in [0.2, 0.25) is 5.91 Å². The van der Waals surface area contributed by atoms with E-state index in [1.54, 1.807) is 0 Å². The second-order valence-corrected chi connectivity index (χ2v) is 7.05. The van der Waals surface area contributed by atoms with Crippen LogP contribution in [0.5, 0.6) is 0 Å². The highest BCUT2D eigenvalue weighted by atomic mass is 32.1. The fraction of sp³-hybridized carbons (Fsp3) is 0.714. The van der Waals surface area contributed by atoms with E-state index < -0.39 is 0 Å². The van der Waals surface area contributed by atoms with Crippen LogP contribution < -0.4 is 11.1 Å². The summed E-state index contributed by atoms with van der Waals surface area (Å²) in [6, 6.07) is 0.196. The number of nitrogens with zero attached hydrogens (tertiary/aromatic N) is 1. The normalized spacial score (nSPS) is 30.1. The van der Waals surface area contributed by atoms with E-state index in [0.29, 0.717) is 11.0 Å². The molecule has 1 aliphatic rings. The molecular weight excluding hydrogens is 258 g/mol. The van der Waals surface area contributed by atoms with Gasteiger partial charge in [-0.2, -0.15) is 0 Å². The summed E-state index contributed by atoms with van der Waals surface area (Å²) in [4.78, 5) is 16.7. The van der Waals surface area contributed by atoms with Gasteiger partial charge < -0.3 is 11.1 Å². The second-order valence-electron chi connectivity index (χ2n) is 6.19. The molecule has 0 aliphatic heterocycles. The molecule has 4 nitrogen and oxygen atoms in total. The summed E-state index contributed by atoms with van der Waals surface area (Å²) in [5.41, 5.74) is 7.00. The van der Waals surface area contributed by atoms with Gasteiger partial charge in [0.15, 0.2) is 5.13 Å². The van der Waals surface area contributed by atoms with E-state index in [0.717, 1.165) is 18.5 Å². The van der Waals surface area contributed by atoms with E-state index in [2.05, 4.69) is 31.1 Å². The molecular formula is C14H23N3OS. The largest absolute Gasteiger partial charge is 0.327 e. The van der Waals surface area contributed by atoms with Crippen LogP contribution in [0.3, 0.4) is 0 Å². The lowest BCUT2D eigenvalue weighted by Gasteiger charge is -2.45. The van der Waals surface area contributed by atoms with Crippen molar-refractivity contribution < 1.29 is 4.79 Å². The van der Waals surface area contributed by atoms with Gasteiger partial charge in [-0.1, -0.05) is 20.8 Å². The summed E-state index contributed by atoms with van der Waals surface area (Å²) in [6.45, 7) is 8.37. The SMILES string of the molecule is Cc1csc(NC(=O)C2CCC(N)C(C)C2(C)C)n1. The van der Waals surface area contributed by atoms with Gasteiger partial charge in [0.1, 0.15) is 0 Å². The van der Waals surface area contributed by atoms with E-state index in [-0.39, 0.29) is 23.3 Å². The van der Waals surface area contributed by atoms with Crippen LogP contribution in [0.25, 0.3) is 0 Å². The van der Waals surface area contributed by atoms with Crippen LogP contribution in [0.15, 0.2) is 5.38 Å². The van der Waals surface area contributed by atoms with E-state index in [1.807, 2.05) is 12.3 Å². The van der Waals surface area contributed by atoms with Crippen LogP contribution in [-0.4, -0.2) is 16.9 Å². The van der Waals surface area contributed by atoms with E-state index in [4.69, 9.17) is 5.73 Å². The first-order valence-electron chi connectivity index (χ1n) is 6.81. The first kappa shape index (κ1) is 14.5. The van der Waals surface area contributed by atoms with Crippen molar-refractivity contribution in [2.45, 2.75) is 46.6 Å². The van der Waals surface area contributed by atoms with E-state index in [9.17, 15) is 4.79 Å². The number of anilines is 1. The molecule has 1 fully saturated rings. The van der Waals surface area contributed by atoms with E-state index >= 15 is 0 Å². The maximum Gasteiger partial charge on any atom is 0.229 e. The summed E-state index contributed by atoms with van der Waals surface area (Å²) in [5.74, 6) is 0.430. The Hall–Kier alpha value is -0.940.